The first-order valence-electron chi connectivity index (χ1n) is 24.1. The summed E-state index contributed by atoms with van der Waals surface area (Å²) in [6, 6.07) is 19.5. The van der Waals surface area contributed by atoms with E-state index < -0.39 is 0 Å². The van der Waals surface area contributed by atoms with Crippen LogP contribution in [0.4, 0.5) is 0 Å². The van der Waals surface area contributed by atoms with Crippen LogP contribution in [0.1, 0.15) is 127 Å². The highest BCUT2D eigenvalue weighted by Crippen LogP contribution is 2.37. The maximum Gasteiger partial charge on any atom is 0.119 e. The molecule has 2 aromatic carbocycles. The molecular formula is C50H84Cl4N4O4. The van der Waals surface area contributed by atoms with Crippen LogP contribution in [0.3, 0.4) is 0 Å². The lowest BCUT2D eigenvalue weighted by molar-refractivity contribution is 0.00727. The predicted octanol–water partition coefficient (Wildman–Crippen LogP) is 10.8. The molecule has 4 heterocycles. The fraction of sp³-hybridized carbons (Fsp3) is 0.760. The molecule has 0 spiro atoms. The minimum atomic E-state index is 0. The third-order valence-electron chi connectivity index (χ3n) is 14.5. The van der Waals surface area contributed by atoms with Crippen LogP contribution in [0.5, 0.6) is 11.5 Å². The van der Waals surface area contributed by atoms with Gasteiger partial charge in [-0.15, -0.1) is 49.6 Å². The minimum Gasteiger partial charge on any atom is -0.494 e. The van der Waals surface area contributed by atoms with Gasteiger partial charge in [0.2, 0.25) is 0 Å². The molecular weight excluding hydrogens is 862 g/mol. The highest BCUT2D eigenvalue weighted by atomic mass is 35.5. The summed E-state index contributed by atoms with van der Waals surface area (Å²) < 4.78 is 23.0. The van der Waals surface area contributed by atoms with Gasteiger partial charge in [0.15, 0.2) is 0 Å². The van der Waals surface area contributed by atoms with Crippen molar-refractivity contribution >= 4 is 49.6 Å². The summed E-state index contributed by atoms with van der Waals surface area (Å²) in [6.45, 7) is 22.0. The summed E-state index contributed by atoms with van der Waals surface area (Å²) in [5.74, 6) is 5.23. The number of morpholine rings is 2. The number of hydrogen-bond acceptors (Lipinski definition) is 8. The van der Waals surface area contributed by atoms with Crippen LogP contribution >= 0.6 is 49.6 Å². The molecule has 12 heteroatoms. The molecule has 2 saturated carbocycles. The number of likely N-dealkylation sites (tertiary alicyclic amines) is 2. The fourth-order valence-corrected chi connectivity index (χ4v) is 11.0. The summed E-state index contributed by atoms with van der Waals surface area (Å²) in [4.78, 5) is 10.5. The lowest BCUT2D eigenvalue weighted by Gasteiger charge is -2.38. The highest BCUT2D eigenvalue weighted by Gasteiger charge is 2.29. The third-order valence-corrected chi connectivity index (χ3v) is 14.5. The molecule has 0 radical (unpaired) electrons. The first-order chi connectivity index (χ1) is 28.6. The lowest BCUT2D eigenvalue weighted by Crippen LogP contribution is -2.44. The Morgan fingerprint density at radius 1 is 0.468 bits per heavy atom. The monoisotopic (exact) mass is 945 g/mol. The quantitative estimate of drug-likeness (QED) is 0.174. The molecule has 4 saturated heterocycles. The van der Waals surface area contributed by atoms with Crippen molar-refractivity contribution in [2.45, 2.75) is 128 Å². The topological polar surface area (TPSA) is 49.9 Å². The zero-order valence-corrected chi connectivity index (χ0v) is 41.6. The average Bonchev–Trinajstić information content (AvgIpc) is 3.28. The molecule has 0 aromatic heterocycles. The molecule has 0 bridgehead atoms. The summed E-state index contributed by atoms with van der Waals surface area (Å²) in [6.07, 6.45) is 18.4. The standard InChI is InChI=1S/2C25H40N2O2.4ClH/c2*1-21-4-2-13-26(20-21)14-3-17-29-25-11-7-23(8-12-25)22-5-9-24(10-6-22)27-15-18-28-19-16-27;;;;/h2*7-8,11-12,21-22,24H,2-6,9-10,13-20H2,1H3;4*1H/t2*21-,22?,24?;;;;/m00..../s1. The molecule has 62 heavy (non-hydrogen) atoms. The van der Waals surface area contributed by atoms with Crippen molar-refractivity contribution in [2.75, 3.05) is 105 Å². The van der Waals surface area contributed by atoms with Gasteiger partial charge in [-0.3, -0.25) is 9.80 Å². The van der Waals surface area contributed by atoms with E-state index in [2.05, 4.69) is 82.0 Å². The Hall–Kier alpha value is -1.04. The van der Waals surface area contributed by atoms with Crippen LogP contribution in [-0.4, -0.2) is 137 Å². The second kappa shape index (κ2) is 30.3. The number of piperidine rings is 2. The Morgan fingerprint density at radius 2 is 0.823 bits per heavy atom. The Balaban J connectivity index is 0.000000310. The van der Waals surface area contributed by atoms with Gasteiger partial charge in [-0.2, -0.15) is 0 Å². The maximum atomic E-state index is 6.02. The summed E-state index contributed by atoms with van der Waals surface area (Å²) in [5, 5.41) is 0. The van der Waals surface area contributed by atoms with Crippen LogP contribution in [0, 0.1) is 11.8 Å². The molecule has 0 amide bonds. The number of rotatable bonds is 14. The number of halogens is 4. The number of ether oxygens (including phenoxy) is 4. The van der Waals surface area contributed by atoms with E-state index in [0.29, 0.717) is 0 Å². The zero-order valence-electron chi connectivity index (χ0n) is 38.4. The van der Waals surface area contributed by atoms with Crippen LogP contribution in [-0.2, 0) is 9.47 Å². The Kier molecular flexibility index (Phi) is 27.0. The van der Waals surface area contributed by atoms with Gasteiger partial charge in [-0.25, -0.2) is 0 Å². The second-order valence-corrected chi connectivity index (χ2v) is 18.9. The molecule has 0 N–H and O–H groups in total. The Bertz CT molecular complexity index is 1310. The molecule has 6 fully saturated rings. The Labute approximate surface area is 401 Å². The first-order valence-corrected chi connectivity index (χ1v) is 24.1. The molecule has 356 valence electrons. The molecule has 8 rings (SSSR count). The maximum absolute atomic E-state index is 6.02. The van der Waals surface area contributed by atoms with Gasteiger partial charge in [0.1, 0.15) is 11.5 Å². The molecule has 0 unspecified atom stereocenters. The van der Waals surface area contributed by atoms with Crippen molar-refractivity contribution in [1.29, 1.82) is 0 Å². The van der Waals surface area contributed by atoms with Crippen molar-refractivity contribution in [3.63, 3.8) is 0 Å². The largest absolute Gasteiger partial charge is 0.494 e. The van der Waals surface area contributed by atoms with E-state index in [4.69, 9.17) is 18.9 Å². The molecule has 2 aliphatic carbocycles. The van der Waals surface area contributed by atoms with E-state index in [1.54, 1.807) is 0 Å². The Morgan fingerprint density at radius 3 is 1.16 bits per heavy atom. The van der Waals surface area contributed by atoms with Crippen LogP contribution in [0.2, 0.25) is 0 Å². The van der Waals surface area contributed by atoms with E-state index in [9.17, 15) is 0 Å². The van der Waals surface area contributed by atoms with Gasteiger partial charge < -0.3 is 28.7 Å². The van der Waals surface area contributed by atoms with E-state index in [1.807, 2.05) is 0 Å². The van der Waals surface area contributed by atoms with Crippen molar-refractivity contribution in [1.82, 2.24) is 19.6 Å². The minimum absolute atomic E-state index is 0. The second-order valence-electron chi connectivity index (χ2n) is 18.9. The predicted molar refractivity (Wildman–Crippen MR) is 267 cm³/mol. The smallest absolute Gasteiger partial charge is 0.119 e. The summed E-state index contributed by atoms with van der Waals surface area (Å²) in [7, 11) is 0. The van der Waals surface area contributed by atoms with E-state index in [0.717, 1.165) is 126 Å². The van der Waals surface area contributed by atoms with Crippen LogP contribution in [0.15, 0.2) is 48.5 Å². The van der Waals surface area contributed by atoms with Gasteiger partial charge in [0, 0.05) is 64.4 Å². The third kappa shape index (κ3) is 18.0. The van der Waals surface area contributed by atoms with Crippen molar-refractivity contribution in [3.05, 3.63) is 59.7 Å². The van der Waals surface area contributed by atoms with Gasteiger partial charge >= 0.3 is 0 Å². The van der Waals surface area contributed by atoms with Crippen molar-refractivity contribution in [2.24, 2.45) is 11.8 Å². The van der Waals surface area contributed by atoms with Crippen molar-refractivity contribution < 1.29 is 18.9 Å². The van der Waals surface area contributed by atoms with Gasteiger partial charge in [-0.1, -0.05) is 38.1 Å². The molecule has 2 atom stereocenters. The molecule has 2 aromatic rings. The zero-order chi connectivity index (χ0) is 39.8. The SMILES string of the molecule is C[C@H]1CCCN(CCCOc2ccc(C3CCC(N4CCOCC4)CC3)cc2)C1.C[C@H]1CCCN(CCCOc2ccc(C3CCC(N4CCOCC4)CC3)cc2)C1.Cl.Cl.Cl.Cl. The fourth-order valence-electron chi connectivity index (χ4n) is 11.0. The molecule has 6 aliphatic rings. The van der Waals surface area contributed by atoms with Crippen LogP contribution in [0.25, 0.3) is 0 Å². The van der Waals surface area contributed by atoms with E-state index in [-0.39, 0.29) is 49.6 Å². The van der Waals surface area contributed by atoms with Gasteiger partial charge in [0.05, 0.1) is 39.6 Å². The van der Waals surface area contributed by atoms with Crippen molar-refractivity contribution in [3.8, 4) is 11.5 Å². The van der Waals surface area contributed by atoms with Gasteiger partial charge in [0.25, 0.3) is 0 Å². The summed E-state index contributed by atoms with van der Waals surface area (Å²) >= 11 is 0. The van der Waals surface area contributed by atoms with Gasteiger partial charge in [-0.05, 0) is 162 Å². The molecule has 8 nitrogen and oxygen atoms in total. The first kappa shape index (κ1) is 55.3. The van der Waals surface area contributed by atoms with E-state index >= 15 is 0 Å². The summed E-state index contributed by atoms with van der Waals surface area (Å²) in [5.41, 5.74) is 3.00. The lowest BCUT2D eigenvalue weighted by atomic mass is 9.81. The van der Waals surface area contributed by atoms with E-state index in [1.165, 1.54) is 127 Å². The number of benzene rings is 2. The number of hydrogen-bond donors (Lipinski definition) is 0. The molecule has 4 aliphatic heterocycles. The number of nitrogens with zero attached hydrogens (tertiary/aromatic N) is 4. The normalized spacial score (nSPS) is 27.7. The average molecular weight is 947 g/mol. The van der Waals surface area contributed by atoms with Crippen LogP contribution < -0.4 is 9.47 Å². The highest BCUT2D eigenvalue weighted by molar-refractivity contribution is 5.86.